The first-order chi connectivity index (χ1) is 7.97. The van der Waals surface area contributed by atoms with Gasteiger partial charge >= 0.3 is 11.7 Å². The number of nitro benzene ring substituents is 1. The van der Waals surface area contributed by atoms with Crippen LogP contribution < -0.4 is 5.73 Å². The van der Waals surface area contributed by atoms with E-state index in [9.17, 15) is 14.9 Å². The van der Waals surface area contributed by atoms with E-state index >= 15 is 0 Å². The second kappa shape index (κ2) is 6.31. The monoisotopic (exact) mass is 242 g/mol. The summed E-state index contributed by atoms with van der Waals surface area (Å²) in [7, 11) is 1.13. The largest absolute Gasteiger partial charge is 0.502 e. The van der Waals surface area contributed by atoms with E-state index in [1.165, 1.54) is 0 Å². The third kappa shape index (κ3) is 3.33. The van der Waals surface area contributed by atoms with E-state index < -0.39 is 22.3 Å². The van der Waals surface area contributed by atoms with Crippen LogP contribution >= 0.6 is 0 Å². The average Bonchev–Trinajstić information content (AvgIpc) is 2.30. The van der Waals surface area contributed by atoms with Crippen LogP contribution in [0.2, 0.25) is 0 Å². The van der Waals surface area contributed by atoms with Crippen LogP contribution in [0, 0.1) is 10.1 Å². The number of ether oxygens (including phenoxy) is 1. The van der Waals surface area contributed by atoms with E-state index in [2.05, 4.69) is 4.74 Å². The Labute approximate surface area is 98.0 Å². The summed E-state index contributed by atoms with van der Waals surface area (Å²) in [6.07, 6.45) is 0. The number of phenolic OH excluding ortho intramolecular Hbond substituents is 1. The number of anilines is 1. The van der Waals surface area contributed by atoms with Crippen LogP contribution in [-0.4, -0.2) is 23.1 Å². The fourth-order valence-electron chi connectivity index (χ4n) is 1.03. The fraction of sp³-hybridized carbons (Fsp3) is 0.300. The topological polar surface area (TPSA) is 116 Å². The van der Waals surface area contributed by atoms with Crippen molar-refractivity contribution in [1.82, 2.24) is 0 Å². The highest BCUT2D eigenvalue weighted by Gasteiger charge is 2.20. The van der Waals surface area contributed by atoms with Gasteiger partial charge < -0.3 is 15.6 Å². The first-order valence-corrected chi connectivity index (χ1v) is 4.82. The van der Waals surface area contributed by atoms with E-state index in [4.69, 9.17) is 10.8 Å². The number of nitro groups is 1. The third-order valence-corrected chi connectivity index (χ3v) is 1.75. The molecule has 0 saturated carbocycles. The molecule has 94 valence electrons. The number of rotatable bonds is 2. The molecule has 1 aromatic carbocycles. The Balaban J connectivity index is 0.00000121. The average molecular weight is 242 g/mol. The number of phenols is 1. The molecule has 0 radical (unpaired) electrons. The number of carbonyl (C=O) groups is 1. The molecular weight excluding hydrogens is 228 g/mol. The van der Waals surface area contributed by atoms with E-state index in [0.717, 1.165) is 19.2 Å². The summed E-state index contributed by atoms with van der Waals surface area (Å²) in [6.45, 7) is 4.00. The smallest absolute Gasteiger partial charge is 0.340 e. The molecule has 0 atom stereocenters. The first-order valence-electron chi connectivity index (χ1n) is 4.82. The zero-order valence-electron chi connectivity index (χ0n) is 9.76. The highest BCUT2D eigenvalue weighted by Crippen LogP contribution is 2.30. The van der Waals surface area contributed by atoms with E-state index in [0.29, 0.717) is 0 Å². The maximum absolute atomic E-state index is 11.1. The molecule has 0 heterocycles. The minimum atomic E-state index is -0.818. The van der Waals surface area contributed by atoms with Gasteiger partial charge in [-0.3, -0.25) is 10.1 Å². The Hall–Kier alpha value is -2.31. The lowest BCUT2D eigenvalue weighted by Crippen LogP contribution is -2.06. The molecule has 7 heteroatoms. The third-order valence-electron chi connectivity index (χ3n) is 1.75. The Morgan fingerprint density at radius 1 is 1.47 bits per heavy atom. The number of benzene rings is 1. The quantitative estimate of drug-likeness (QED) is 0.353. The van der Waals surface area contributed by atoms with Crippen molar-refractivity contribution >= 4 is 17.3 Å². The van der Waals surface area contributed by atoms with Gasteiger partial charge in [0, 0.05) is 12.1 Å². The van der Waals surface area contributed by atoms with Crippen LogP contribution in [0.5, 0.6) is 5.75 Å². The van der Waals surface area contributed by atoms with Gasteiger partial charge in [0.25, 0.3) is 0 Å². The summed E-state index contributed by atoms with van der Waals surface area (Å²) in [4.78, 5) is 20.7. The number of nitrogens with two attached hydrogens (primary N) is 1. The normalized spacial score (nSPS) is 8.88. The van der Waals surface area contributed by atoms with Crippen molar-refractivity contribution in [2.45, 2.75) is 13.8 Å². The van der Waals surface area contributed by atoms with Gasteiger partial charge in [-0.15, -0.1) is 0 Å². The molecule has 3 N–H and O–H groups in total. The van der Waals surface area contributed by atoms with Gasteiger partial charge in [0.1, 0.15) is 0 Å². The van der Waals surface area contributed by atoms with E-state index in [-0.39, 0.29) is 11.3 Å². The standard InChI is InChI=1S/C8H8N2O5.C2H6/c1-15-8(12)4-2-6(10(13)14)7(11)3-5(4)9;1-2/h2-3,11H,9H2,1H3;1-2H3. The molecule has 0 saturated heterocycles. The molecular formula is C10H14N2O5. The van der Waals surface area contributed by atoms with Gasteiger partial charge in [-0.2, -0.15) is 0 Å². The number of nitrogen functional groups attached to an aromatic ring is 1. The number of aromatic hydroxyl groups is 1. The highest BCUT2D eigenvalue weighted by atomic mass is 16.6. The number of hydrogen-bond acceptors (Lipinski definition) is 6. The molecule has 0 fully saturated rings. The predicted molar refractivity (Wildman–Crippen MR) is 61.9 cm³/mol. The van der Waals surface area contributed by atoms with Gasteiger partial charge in [0.05, 0.1) is 23.3 Å². The fourth-order valence-corrected chi connectivity index (χ4v) is 1.03. The Morgan fingerprint density at radius 3 is 2.41 bits per heavy atom. The van der Waals surface area contributed by atoms with Crippen LogP contribution in [-0.2, 0) is 4.74 Å². The molecule has 0 amide bonds. The minimum Gasteiger partial charge on any atom is -0.502 e. The molecule has 7 nitrogen and oxygen atoms in total. The summed E-state index contributed by atoms with van der Waals surface area (Å²) in [5.41, 5.74) is 4.56. The lowest BCUT2D eigenvalue weighted by molar-refractivity contribution is -0.385. The molecule has 0 aliphatic carbocycles. The molecule has 0 bridgehead atoms. The summed E-state index contributed by atoms with van der Waals surface area (Å²) >= 11 is 0. The van der Waals surface area contributed by atoms with Crippen LogP contribution in [0.25, 0.3) is 0 Å². The molecule has 0 aliphatic rings. The molecule has 0 spiro atoms. The molecule has 17 heavy (non-hydrogen) atoms. The molecule has 1 aromatic rings. The van der Waals surface area contributed by atoms with Crippen LogP contribution in [0.15, 0.2) is 12.1 Å². The Kier molecular flexibility index (Phi) is 5.45. The molecule has 1 rings (SSSR count). The Bertz CT molecular complexity index is 431. The first kappa shape index (κ1) is 14.7. The summed E-state index contributed by atoms with van der Waals surface area (Å²) in [6, 6.07) is 1.81. The van der Waals surface area contributed by atoms with Crippen molar-refractivity contribution in [2.24, 2.45) is 0 Å². The number of methoxy groups -OCH3 is 1. The predicted octanol–water partition coefficient (Wildman–Crippen LogP) is 1.70. The van der Waals surface area contributed by atoms with Gasteiger partial charge in [0.15, 0.2) is 5.75 Å². The lowest BCUT2D eigenvalue weighted by atomic mass is 10.1. The Morgan fingerprint density at radius 2 is 2.00 bits per heavy atom. The van der Waals surface area contributed by atoms with Gasteiger partial charge in [-0.05, 0) is 0 Å². The maximum Gasteiger partial charge on any atom is 0.340 e. The van der Waals surface area contributed by atoms with Crippen molar-refractivity contribution in [3.63, 3.8) is 0 Å². The van der Waals surface area contributed by atoms with Crippen LogP contribution in [0.3, 0.4) is 0 Å². The molecule has 0 aliphatic heterocycles. The van der Waals surface area contributed by atoms with Crippen LogP contribution in [0.1, 0.15) is 24.2 Å². The highest BCUT2D eigenvalue weighted by molar-refractivity contribution is 5.96. The minimum absolute atomic E-state index is 0.0787. The zero-order valence-corrected chi connectivity index (χ0v) is 9.76. The summed E-state index contributed by atoms with van der Waals surface area (Å²) in [5.74, 6) is -1.39. The SMILES string of the molecule is CC.COC(=O)c1cc([N+](=O)[O-])c(O)cc1N. The van der Waals surface area contributed by atoms with Crippen LogP contribution in [0.4, 0.5) is 11.4 Å². The second-order valence-corrected chi connectivity index (χ2v) is 2.68. The van der Waals surface area contributed by atoms with Crippen molar-refractivity contribution in [3.05, 3.63) is 27.8 Å². The lowest BCUT2D eigenvalue weighted by Gasteiger charge is -2.04. The van der Waals surface area contributed by atoms with Gasteiger partial charge in [0.2, 0.25) is 0 Å². The second-order valence-electron chi connectivity index (χ2n) is 2.68. The van der Waals surface area contributed by atoms with Crippen molar-refractivity contribution in [1.29, 1.82) is 0 Å². The molecule has 0 unspecified atom stereocenters. The van der Waals surface area contributed by atoms with Gasteiger partial charge in [-0.25, -0.2) is 4.79 Å². The van der Waals surface area contributed by atoms with Crippen molar-refractivity contribution < 1.29 is 19.6 Å². The molecule has 0 aromatic heterocycles. The van der Waals surface area contributed by atoms with E-state index in [1.807, 2.05) is 13.8 Å². The summed E-state index contributed by atoms with van der Waals surface area (Å²) in [5, 5.41) is 19.6. The van der Waals surface area contributed by atoms with Crippen molar-refractivity contribution in [3.8, 4) is 5.75 Å². The number of esters is 1. The number of carbonyl (C=O) groups excluding carboxylic acids is 1. The number of hydrogen-bond donors (Lipinski definition) is 2. The zero-order chi connectivity index (χ0) is 13.6. The maximum atomic E-state index is 11.1. The van der Waals surface area contributed by atoms with E-state index in [1.54, 1.807) is 0 Å². The number of nitrogens with zero attached hydrogens (tertiary/aromatic N) is 1. The van der Waals surface area contributed by atoms with Crippen molar-refractivity contribution in [2.75, 3.05) is 12.8 Å². The van der Waals surface area contributed by atoms with Gasteiger partial charge in [-0.1, -0.05) is 13.8 Å². The summed E-state index contributed by atoms with van der Waals surface area (Å²) < 4.78 is 4.37.